The lowest BCUT2D eigenvalue weighted by Gasteiger charge is -2.43. The summed E-state index contributed by atoms with van der Waals surface area (Å²) >= 11 is 0. The molecule has 1 aromatic rings. The van der Waals surface area contributed by atoms with Gasteiger partial charge in [0.15, 0.2) is 0 Å². The van der Waals surface area contributed by atoms with Crippen LogP contribution in [-0.2, 0) is 20.9 Å². The Morgan fingerprint density at radius 2 is 1.81 bits per heavy atom. The monoisotopic (exact) mass is 373 g/mol. The van der Waals surface area contributed by atoms with Crippen LogP contribution in [0.2, 0.25) is 0 Å². The smallest absolute Gasteiger partial charge is 0.331 e. The second kappa shape index (κ2) is 8.40. The number of fused-ring (bicyclic) bond motifs is 1. The summed E-state index contributed by atoms with van der Waals surface area (Å²) in [6.07, 6.45) is 3.26. The number of carbonyl (C=O) groups excluding carboxylic acids is 2. The van der Waals surface area contributed by atoms with E-state index in [0.717, 1.165) is 37.9 Å². The van der Waals surface area contributed by atoms with Gasteiger partial charge in [-0.05, 0) is 52.0 Å². The Kier molecular flexibility index (Phi) is 6.17. The van der Waals surface area contributed by atoms with Crippen LogP contribution in [0, 0.1) is 0 Å². The number of hydrazine groups is 1. The topological polar surface area (TPSA) is 61.9 Å². The molecule has 2 fully saturated rings. The molecule has 2 saturated heterocycles. The van der Waals surface area contributed by atoms with Crippen molar-refractivity contribution in [3.63, 3.8) is 0 Å². The fourth-order valence-corrected chi connectivity index (χ4v) is 3.78. The van der Waals surface area contributed by atoms with Crippen LogP contribution in [0.5, 0.6) is 0 Å². The maximum atomic E-state index is 13.3. The average molecular weight is 373 g/mol. The molecule has 0 saturated carbocycles. The maximum Gasteiger partial charge on any atom is 0.331 e. The van der Waals surface area contributed by atoms with E-state index in [-0.39, 0.29) is 17.9 Å². The average Bonchev–Trinajstić information content (AvgIpc) is 2.78. The molecule has 1 amide bonds. The Balaban J connectivity index is 1.73. The van der Waals surface area contributed by atoms with E-state index >= 15 is 0 Å². The third kappa shape index (κ3) is 5.08. The SMILES string of the molecule is CC(C)(C)OC(=O)[C@@H]1CCCN2CCC[C@H](NCc3ccccc3)C(=O)N12. The summed E-state index contributed by atoms with van der Waals surface area (Å²) in [4.78, 5) is 26.0. The predicted molar refractivity (Wildman–Crippen MR) is 104 cm³/mol. The highest BCUT2D eigenvalue weighted by Crippen LogP contribution is 2.26. The lowest BCUT2D eigenvalue weighted by Crippen LogP contribution is -2.61. The van der Waals surface area contributed by atoms with E-state index < -0.39 is 11.6 Å². The van der Waals surface area contributed by atoms with Crippen molar-refractivity contribution in [2.24, 2.45) is 0 Å². The van der Waals surface area contributed by atoms with Gasteiger partial charge in [-0.1, -0.05) is 30.3 Å². The summed E-state index contributed by atoms with van der Waals surface area (Å²) in [7, 11) is 0. The Hall–Kier alpha value is -1.92. The van der Waals surface area contributed by atoms with Crippen LogP contribution in [0.4, 0.5) is 0 Å². The minimum Gasteiger partial charge on any atom is -0.458 e. The number of nitrogens with zero attached hydrogens (tertiary/aromatic N) is 2. The Bertz CT molecular complexity index is 656. The third-order valence-electron chi connectivity index (χ3n) is 5.00. The van der Waals surface area contributed by atoms with Gasteiger partial charge in [-0.3, -0.25) is 9.80 Å². The van der Waals surface area contributed by atoms with E-state index in [1.165, 1.54) is 0 Å². The number of rotatable bonds is 4. The molecule has 0 unspecified atom stereocenters. The van der Waals surface area contributed by atoms with E-state index in [0.29, 0.717) is 13.0 Å². The fourth-order valence-electron chi connectivity index (χ4n) is 3.78. The zero-order chi connectivity index (χ0) is 19.4. The zero-order valence-corrected chi connectivity index (χ0v) is 16.6. The normalized spacial score (nSPS) is 24.3. The fraction of sp³-hybridized carbons (Fsp3) is 0.619. The molecule has 0 radical (unpaired) electrons. The van der Waals surface area contributed by atoms with Crippen LogP contribution in [0.15, 0.2) is 30.3 Å². The number of nitrogens with one attached hydrogen (secondary N) is 1. The quantitative estimate of drug-likeness (QED) is 0.822. The minimum absolute atomic E-state index is 0.0148. The summed E-state index contributed by atoms with van der Waals surface area (Å²) in [6, 6.07) is 9.27. The van der Waals surface area contributed by atoms with Gasteiger partial charge in [0.25, 0.3) is 5.91 Å². The van der Waals surface area contributed by atoms with Gasteiger partial charge >= 0.3 is 5.97 Å². The largest absolute Gasteiger partial charge is 0.458 e. The molecule has 3 rings (SSSR count). The van der Waals surface area contributed by atoms with Crippen molar-refractivity contribution in [3.8, 4) is 0 Å². The van der Waals surface area contributed by atoms with E-state index in [9.17, 15) is 9.59 Å². The standard InChI is InChI=1S/C21H31N3O3/c1-21(2,3)27-20(26)18-12-8-14-23-13-7-11-17(19(25)24(18)23)22-15-16-9-5-4-6-10-16/h4-6,9-10,17-18,22H,7-8,11-15H2,1-3H3/t17-,18-/m0/s1. The molecule has 2 atom stereocenters. The summed E-state index contributed by atoms with van der Waals surface area (Å²) < 4.78 is 5.60. The maximum absolute atomic E-state index is 13.3. The van der Waals surface area contributed by atoms with E-state index in [1.54, 1.807) is 5.01 Å². The number of ether oxygens (including phenoxy) is 1. The summed E-state index contributed by atoms with van der Waals surface area (Å²) in [6.45, 7) is 7.84. The second-order valence-electron chi connectivity index (χ2n) is 8.39. The van der Waals surface area contributed by atoms with Crippen LogP contribution >= 0.6 is 0 Å². The number of hydrogen-bond donors (Lipinski definition) is 1. The first kappa shape index (κ1) is 19.8. The summed E-state index contributed by atoms with van der Waals surface area (Å²) in [5.41, 5.74) is 0.591. The molecular formula is C21H31N3O3. The van der Waals surface area contributed by atoms with Crippen molar-refractivity contribution in [2.45, 2.75) is 70.7 Å². The van der Waals surface area contributed by atoms with Crippen LogP contribution in [0.25, 0.3) is 0 Å². The molecule has 1 aromatic carbocycles. The van der Waals surface area contributed by atoms with Gasteiger partial charge in [0.1, 0.15) is 11.6 Å². The Morgan fingerprint density at radius 1 is 1.15 bits per heavy atom. The Labute approximate surface area is 161 Å². The van der Waals surface area contributed by atoms with Gasteiger partial charge in [-0.25, -0.2) is 9.80 Å². The van der Waals surface area contributed by atoms with Crippen molar-refractivity contribution in [2.75, 3.05) is 13.1 Å². The molecule has 148 valence electrons. The lowest BCUT2D eigenvalue weighted by atomic mass is 10.1. The number of benzene rings is 1. The minimum atomic E-state index is -0.556. The number of hydrogen-bond acceptors (Lipinski definition) is 5. The van der Waals surface area contributed by atoms with Gasteiger partial charge < -0.3 is 10.1 Å². The lowest BCUT2D eigenvalue weighted by molar-refractivity contribution is -0.184. The molecule has 0 spiro atoms. The van der Waals surface area contributed by atoms with Crippen LogP contribution < -0.4 is 5.32 Å². The van der Waals surface area contributed by atoms with Crippen LogP contribution in [0.1, 0.15) is 52.0 Å². The highest BCUT2D eigenvalue weighted by Gasteiger charge is 2.42. The molecule has 6 heteroatoms. The van der Waals surface area contributed by atoms with Crippen molar-refractivity contribution in [3.05, 3.63) is 35.9 Å². The van der Waals surface area contributed by atoms with Gasteiger partial charge in [-0.15, -0.1) is 0 Å². The number of esters is 1. The number of carbonyl (C=O) groups is 2. The number of amides is 1. The molecule has 27 heavy (non-hydrogen) atoms. The first-order chi connectivity index (χ1) is 12.8. The van der Waals surface area contributed by atoms with Crippen molar-refractivity contribution in [1.82, 2.24) is 15.3 Å². The van der Waals surface area contributed by atoms with Crippen LogP contribution in [0.3, 0.4) is 0 Å². The summed E-state index contributed by atoms with van der Waals surface area (Å²) in [5.74, 6) is -0.316. The van der Waals surface area contributed by atoms with E-state index in [1.807, 2.05) is 56.1 Å². The van der Waals surface area contributed by atoms with E-state index in [4.69, 9.17) is 4.74 Å². The van der Waals surface area contributed by atoms with Gasteiger partial charge in [0, 0.05) is 19.6 Å². The molecular weight excluding hydrogens is 342 g/mol. The Morgan fingerprint density at radius 3 is 2.48 bits per heavy atom. The van der Waals surface area contributed by atoms with Crippen molar-refractivity contribution >= 4 is 11.9 Å². The molecule has 1 N–H and O–H groups in total. The first-order valence-corrected chi connectivity index (χ1v) is 9.93. The highest BCUT2D eigenvalue weighted by atomic mass is 16.6. The van der Waals surface area contributed by atoms with Crippen molar-refractivity contribution < 1.29 is 14.3 Å². The highest BCUT2D eigenvalue weighted by molar-refractivity contribution is 5.87. The molecule has 0 bridgehead atoms. The van der Waals surface area contributed by atoms with Gasteiger partial charge in [-0.2, -0.15) is 0 Å². The van der Waals surface area contributed by atoms with Gasteiger partial charge in [0.05, 0.1) is 6.04 Å². The zero-order valence-electron chi connectivity index (χ0n) is 16.6. The predicted octanol–water partition coefficient (Wildman–Crippen LogP) is 2.49. The van der Waals surface area contributed by atoms with Crippen LogP contribution in [-0.4, -0.2) is 52.7 Å². The van der Waals surface area contributed by atoms with Gasteiger partial charge in [0.2, 0.25) is 0 Å². The molecule has 6 nitrogen and oxygen atoms in total. The van der Waals surface area contributed by atoms with Crippen molar-refractivity contribution in [1.29, 1.82) is 0 Å². The molecule has 0 aromatic heterocycles. The molecule has 2 aliphatic heterocycles. The molecule has 0 aliphatic carbocycles. The third-order valence-corrected chi connectivity index (χ3v) is 5.00. The first-order valence-electron chi connectivity index (χ1n) is 9.93. The summed E-state index contributed by atoms with van der Waals surface area (Å²) in [5, 5.41) is 7.13. The molecule has 2 aliphatic rings. The van der Waals surface area contributed by atoms with E-state index in [2.05, 4.69) is 5.32 Å². The molecule has 2 heterocycles. The second-order valence-corrected chi connectivity index (χ2v) is 8.39.